The second-order valence-electron chi connectivity index (χ2n) is 6.38. The van der Waals surface area contributed by atoms with Gasteiger partial charge >= 0.3 is 5.97 Å². The fourth-order valence-electron chi connectivity index (χ4n) is 3.02. The van der Waals surface area contributed by atoms with Crippen LogP contribution in [0, 0.1) is 10.8 Å². The highest BCUT2D eigenvalue weighted by molar-refractivity contribution is 6.05. The highest BCUT2D eigenvalue weighted by Crippen LogP contribution is 2.49. The molecule has 2 fully saturated rings. The first-order valence-corrected chi connectivity index (χ1v) is 7.35. The van der Waals surface area contributed by atoms with Crippen molar-refractivity contribution in [3.8, 4) is 0 Å². The van der Waals surface area contributed by atoms with Gasteiger partial charge in [-0.3, -0.25) is 9.59 Å². The predicted octanol–water partition coefficient (Wildman–Crippen LogP) is 2.37. The number of hydrogen-bond acceptors (Lipinski definition) is 3. The topological polar surface area (TPSA) is 46.6 Å². The molecule has 1 atom stereocenters. The number of nitrogens with zero attached hydrogens (tertiary/aromatic N) is 1. The quantitative estimate of drug-likeness (QED) is 0.582. The predicted molar refractivity (Wildman–Crippen MR) is 72.5 cm³/mol. The Morgan fingerprint density at radius 3 is 2.37 bits per heavy atom. The molecule has 1 saturated heterocycles. The zero-order valence-electron chi connectivity index (χ0n) is 12.3. The highest BCUT2D eigenvalue weighted by atomic mass is 16.5. The van der Waals surface area contributed by atoms with Crippen molar-refractivity contribution >= 4 is 11.9 Å². The monoisotopic (exact) mass is 267 g/mol. The van der Waals surface area contributed by atoms with Crippen LogP contribution < -0.4 is 0 Å². The van der Waals surface area contributed by atoms with Crippen LogP contribution in [-0.4, -0.2) is 37.0 Å². The number of carbonyl (C=O) groups excluding carboxylic acids is 2. The smallest absolute Gasteiger partial charge is 0.321 e. The van der Waals surface area contributed by atoms with Gasteiger partial charge in [0.25, 0.3) is 0 Å². The number of hydrogen-bond donors (Lipinski definition) is 0. The largest absolute Gasteiger partial charge is 0.468 e. The number of ether oxygens (including phenoxy) is 1. The number of likely N-dealkylation sites (tertiary alicyclic amines) is 1. The average Bonchev–Trinajstić information content (AvgIpc) is 3.23. The van der Waals surface area contributed by atoms with E-state index >= 15 is 0 Å². The minimum Gasteiger partial charge on any atom is -0.468 e. The molecule has 19 heavy (non-hydrogen) atoms. The van der Waals surface area contributed by atoms with E-state index in [-0.39, 0.29) is 11.9 Å². The summed E-state index contributed by atoms with van der Waals surface area (Å²) >= 11 is 0. The summed E-state index contributed by atoms with van der Waals surface area (Å²) in [6.45, 7) is 6.08. The number of carbonyl (C=O) groups is 2. The molecule has 108 valence electrons. The highest BCUT2D eigenvalue weighted by Gasteiger charge is 2.59. The van der Waals surface area contributed by atoms with Crippen molar-refractivity contribution in [2.24, 2.45) is 10.8 Å². The van der Waals surface area contributed by atoms with Crippen molar-refractivity contribution in [1.82, 2.24) is 4.90 Å². The summed E-state index contributed by atoms with van der Waals surface area (Å²) in [4.78, 5) is 26.2. The summed E-state index contributed by atoms with van der Waals surface area (Å²) in [5.41, 5.74) is -0.487. The lowest BCUT2D eigenvalue weighted by Gasteiger charge is -2.27. The molecule has 0 N–H and O–H groups in total. The molecule has 2 aliphatic rings. The molecular weight excluding hydrogens is 242 g/mol. The Morgan fingerprint density at radius 2 is 1.84 bits per heavy atom. The van der Waals surface area contributed by atoms with E-state index in [1.165, 1.54) is 13.5 Å². The molecule has 1 aliphatic carbocycles. The lowest BCUT2D eigenvalue weighted by atomic mass is 9.80. The third-order valence-corrected chi connectivity index (χ3v) is 5.07. The minimum atomic E-state index is -0.832. The van der Waals surface area contributed by atoms with Gasteiger partial charge in [0.05, 0.1) is 7.11 Å². The fourth-order valence-corrected chi connectivity index (χ4v) is 3.02. The maximum Gasteiger partial charge on any atom is 0.321 e. The Balaban J connectivity index is 2.03. The van der Waals surface area contributed by atoms with E-state index in [0.29, 0.717) is 18.3 Å². The maximum atomic E-state index is 12.6. The minimum absolute atomic E-state index is 0.000275. The Bertz CT molecular complexity index is 376. The summed E-state index contributed by atoms with van der Waals surface area (Å²) in [7, 11) is 1.37. The van der Waals surface area contributed by atoms with Crippen LogP contribution >= 0.6 is 0 Å². The second-order valence-corrected chi connectivity index (χ2v) is 6.38. The van der Waals surface area contributed by atoms with Crippen molar-refractivity contribution in [2.75, 3.05) is 20.2 Å². The SMILES string of the molecule is CCC1(C)CCCN(C(=O)C2(C(=O)OC)CC2)CC1. The molecule has 4 heteroatoms. The lowest BCUT2D eigenvalue weighted by Crippen LogP contribution is -2.42. The first kappa shape index (κ1) is 14.4. The molecule has 0 radical (unpaired) electrons. The molecule has 0 aromatic carbocycles. The fraction of sp³-hybridized carbons (Fsp3) is 0.867. The van der Waals surface area contributed by atoms with Crippen molar-refractivity contribution in [1.29, 1.82) is 0 Å². The Morgan fingerprint density at radius 1 is 1.16 bits per heavy atom. The Hall–Kier alpha value is -1.06. The van der Waals surface area contributed by atoms with Crippen LogP contribution in [-0.2, 0) is 14.3 Å². The average molecular weight is 267 g/mol. The molecule has 1 unspecified atom stereocenters. The maximum absolute atomic E-state index is 12.6. The first-order valence-electron chi connectivity index (χ1n) is 7.35. The molecule has 1 amide bonds. The molecule has 0 aromatic heterocycles. The summed E-state index contributed by atoms with van der Waals surface area (Å²) in [6, 6.07) is 0. The summed E-state index contributed by atoms with van der Waals surface area (Å²) in [5.74, 6) is -0.347. The van der Waals surface area contributed by atoms with Crippen LogP contribution in [0.15, 0.2) is 0 Å². The van der Waals surface area contributed by atoms with E-state index in [1.54, 1.807) is 0 Å². The lowest BCUT2D eigenvalue weighted by molar-refractivity contribution is -0.156. The molecule has 0 spiro atoms. The van der Waals surface area contributed by atoms with Gasteiger partial charge in [-0.05, 0) is 37.5 Å². The standard InChI is InChI=1S/C15H25NO3/c1-4-14(2)6-5-10-16(11-9-14)12(17)15(7-8-15)13(18)19-3/h4-11H2,1-3H3. The van der Waals surface area contributed by atoms with Gasteiger partial charge < -0.3 is 9.64 Å². The van der Waals surface area contributed by atoms with Crippen LogP contribution in [0.1, 0.15) is 52.4 Å². The van der Waals surface area contributed by atoms with Crippen molar-refractivity contribution in [3.05, 3.63) is 0 Å². The molecule has 1 aliphatic heterocycles. The number of amides is 1. The van der Waals surface area contributed by atoms with E-state index in [0.717, 1.165) is 32.4 Å². The van der Waals surface area contributed by atoms with Crippen LogP contribution in [0.2, 0.25) is 0 Å². The van der Waals surface area contributed by atoms with Gasteiger partial charge in [-0.25, -0.2) is 0 Å². The van der Waals surface area contributed by atoms with Gasteiger partial charge in [0.1, 0.15) is 5.41 Å². The van der Waals surface area contributed by atoms with Gasteiger partial charge in [0, 0.05) is 13.1 Å². The summed E-state index contributed by atoms with van der Waals surface area (Å²) < 4.78 is 4.80. The van der Waals surface area contributed by atoms with Crippen molar-refractivity contribution in [2.45, 2.75) is 52.4 Å². The van der Waals surface area contributed by atoms with Crippen LogP contribution in [0.4, 0.5) is 0 Å². The molecule has 2 rings (SSSR count). The van der Waals surface area contributed by atoms with E-state index in [2.05, 4.69) is 13.8 Å². The Kier molecular flexibility index (Phi) is 3.88. The molecule has 0 bridgehead atoms. The van der Waals surface area contributed by atoms with Crippen LogP contribution in [0.5, 0.6) is 0 Å². The van der Waals surface area contributed by atoms with Crippen LogP contribution in [0.25, 0.3) is 0 Å². The first-order chi connectivity index (χ1) is 8.97. The molecular formula is C15H25NO3. The second kappa shape index (κ2) is 5.14. The number of esters is 1. The number of methoxy groups -OCH3 is 1. The van der Waals surface area contributed by atoms with Crippen molar-refractivity contribution in [3.63, 3.8) is 0 Å². The van der Waals surface area contributed by atoms with Crippen molar-refractivity contribution < 1.29 is 14.3 Å². The third kappa shape index (κ3) is 2.63. The van der Waals surface area contributed by atoms with Gasteiger partial charge in [-0.2, -0.15) is 0 Å². The summed E-state index contributed by atoms with van der Waals surface area (Å²) in [6.07, 6.45) is 5.69. The zero-order chi connectivity index (χ0) is 14.1. The van der Waals surface area contributed by atoms with E-state index < -0.39 is 5.41 Å². The van der Waals surface area contributed by atoms with Gasteiger partial charge in [0.2, 0.25) is 5.91 Å². The molecule has 1 saturated carbocycles. The molecule has 1 heterocycles. The van der Waals surface area contributed by atoms with Crippen LogP contribution in [0.3, 0.4) is 0 Å². The van der Waals surface area contributed by atoms with Gasteiger partial charge in [-0.15, -0.1) is 0 Å². The van der Waals surface area contributed by atoms with E-state index in [1.807, 2.05) is 4.90 Å². The normalized spacial score (nSPS) is 29.5. The Labute approximate surface area is 115 Å². The molecule has 4 nitrogen and oxygen atoms in total. The number of rotatable bonds is 3. The third-order valence-electron chi connectivity index (χ3n) is 5.07. The van der Waals surface area contributed by atoms with Gasteiger partial charge in [0.15, 0.2) is 0 Å². The zero-order valence-corrected chi connectivity index (χ0v) is 12.3. The summed E-state index contributed by atoms with van der Waals surface area (Å²) in [5, 5.41) is 0. The van der Waals surface area contributed by atoms with E-state index in [9.17, 15) is 9.59 Å². The molecule has 0 aromatic rings. The van der Waals surface area contributed by atoms with Gasteiger partial charge in [-0.1, -0.05) is 20.3 Å². The van der Waals surface area contributed by atoms with E-state index in [4.69, 9.17) is 4.74 Å².